The summed E-state index contributed by atoms with van der Waals surface area (Å²) in [6.45, 7) is 2.01. The van der Waals surface area contributed by atoms with Gasteiger partial charge in [-0.2, -0.15) is 0 Å². The minimum atomic E-state index is -2.42. The summed E-state index contributed by atoms with van der Waals surface area (Å²) in [4.78, 5) is 0. The van der Waals surface area contributed by atoms with E-state index in [9.17, 15) is 8.78 Å². The normalized spacial score (nSPS) is 24.1. The van der Waals surface area contributed by atoms with Crippen LogP contribution >= 0.6 is 0 Å². The number of rotatable bonds is 1. The molecule has 0 atom stereocenters. The molecule has 2 heteroatoms. The molecule has 0 aromatic heterocycles. The van der Waals surface area contributed by atoms with Crippen molar-refractivity contribution in [3.8, 4) is 0 Å². The molecule has 0 amide bonds. The summed E-state index contributed by atoms with van der Waals surface area (Å²) >= 11 is 0. The maximum absolute atomic E-state index is 12.5. The predicted molar refractivity (Wildman–Crippen MR) is 37.2 cm³/mol. The fourth-order valence-electron chi connectivity index (χ4n) is 1.16. The monoisotopic (exact) mass is 146 g/mol. The Morgan fingerprint density at radius 2 is 2.30 bits per heavy atom. The first-order valence-electron chi connectivity index (χ1n) is 3.70. The molecule has 0 fully saturated rings. The van der Waals surface area contributed by atoms with Crippen molar-refractivity contribution in [1.29, 1.82) is 0 Å². The molecule has 0 unspecified atom stereocenters. The molecule has 0 bridgehead atoms. The fourth-order valence-corrected chi connectivity index (χ4v) is 1.16. The predicted octanol–water partition coefficient (Wildman–Crippen LogP) is 3.14. The summed E-state index contributed by atoms with van der Waals surface area (Å²) in [5.41, 5.74) is 1.19. The highest BCUT2D eigenvalue weighted by molar-refractivity contribution is 5.07. The number of halogens is 2. The summed E-state index contributed by atoms with van der Waals surface area (Å²) in [6.07, 6.45) is 3.20. The van der Waals surface area contributed by atoms with Crippen LogP contribution in [0.5, 0.6) is 0 Å². The standard InChI is InChI=1S/C8H12F2/c1-2-7-3-5-8(9,10)6-4-7/h3H,2,4-6H2,1H3. The molecule has 0 saturated heterocycles. The Labute approximate surface area is 59.9 Å². The highest BCUT2D eigenvalue weighted by atomic mass is 19.3. The zero-order chi connectivity index (χ0) is 7.61. The minimum Gasteiger partial charge on any atom is -0.207 e. The molecule has 0 N–H and O–H groups in total. The zero-order valence-electron chi connectivity index (χ0n) is 6.16. The van der Waals surface area contributed by atoms with E-state index < -0.39 is 5.92 Å². The second-order valence-electron chi connectivity index (χ2n) is 2.78. The average Bonchev–Trinajstić information content (AvgIpc) is 1.88. The SMILES string of the molecule is CCC1=CCC(F)(F)CC1. The third kappa shape index (κ3) is 1.79. The first-order chi connectivity index (χ1) is 4.64. The number of hydrogen-bond acceptors (Lipinski definition) is 0. The summed E-state index contributed by atoms with van der Waals surface area (Å²) in [7, 11) is 0. The second-order valence-corrected chi connectivity index (χ2v) is 2.78. The van der Waals surface area contributed by atoms with Gasteiger partial charge >= 0.3 is 0 Å². The molecule has 0 saturated carbocycles. The topological polar surface area (TPSA) is 0 Å². The largest absolute Gasteiger partial charge is 0.251 e. The van der Waals surface area contributed by atoms with Crippen molar-refractivity contribution in [2.24, 2.45) is 0 Å². The first kappa shape index (κ1) is 7.70. The van der Waals surface area contributed by atoms with Gasteiger partial charge in [0.15, 0.2) is 0 Å². The van der Waals surface area contributed by atoms with Crippen molar-refractivity contribution in [3.05, 3.63) is 11.6 Å². The van der Waals surface area contributed by atoms with Crippen LogP contribution in [0.25, 0.3) is 0 Å². The van der Waals surface area contributed by atoms with Gasteiger partial charge in [0, 0.05) is 12.8 Å². The number of allylic oxidation sites excluding steroid dienone is 2. The van der Waals surface area contributed by atoms with Gasteiger partial charge < -0.3 is 0 Å². The highest BCUT2D eigenvalue weighted by Crippen LogP contribution is 2.32. The van der Waals surface area contributed by atoms with Crippen LogP contribution in [0.15, 0.2) is 11.6 Å². The number of hydrogen-bond donors (Lipinski definition) is 0. The molecule has 10 heavy (non-hydrogen) atoms. The minimum absolute atomic E-state index is 0.0455. The van der Waals surface area contributed by atoms with E-state index in [1.54, 1.807) is 6.08 Å². The lowest BCUT2D eigenvalue weighted by Crippen LogP contribution is -2.18. The molecule has 1 rings (SSSR count). The maximum Gasteiger partial charge on any atom is 0.251 e. The number of alkyl halides is 2. The van der Waals surface area contributed by atoms with Gasteiger partial charge in [-0.1, -0.05) is 18.6 Å². The molecule has 0 aliphatic heterocycles. The average molecular weight is 146 g/mol. The lowest BCUT2D eigenvalue weighted by atomic mass is 9.95. The van der Waals surface area contributed by atoms with Gasteiger partial charge in [0.25, 0.3) is 5.92 Å². The van der Waals surface area contributed by atoms with E-state index in [-0.39, 0.29) is 12.8 Å². The quantitative estimate of drug-likeness (QED) is 0.498. The van der Waals surface area contributed by atoms with Gasteiger partial charge in [-0.05, 0) is 12.8 Å². The Bertz CT molecular complexity index is 147. The summed E-state index contributed by atoms with van der Waals surface area (Å²) in [5.74, 6) is -2.42. The fraction of sp³-hybridized carbons (Fsp3) is 0.750. The van der Waals surface area contributed by atoms with Gasteiger partial charge in [-0.3, -0.25) is 0 Å². The van der Waals surface area contributed by atoms with E-state index in [1.807, 2.05) is 6.92 Å². The van der Waals surface area contributed by atoms with Crippen LogP contribution in [0.3, 0.4) is 0 Å². The molecule has 1 aliphatic rings. The molecule has 0 aromatic rings. The molecule has 0 nitrogen and oxygen atoms in total. The van der Waals surface area contributed by atoms with Crippen LogP contribution in [-0.2, 0) is 0 Å². The molecule has 1 aliphatic carbocycles. The van der Waals surface area contributed by atoms with Gasteiger partial charge in [0.05, 0.1) is 0 Å². The van der Waals surface area contributed by atoms with Crippen molar-refractivity contribution in [2.45, 2.75) is 38.5 Å². The van der Waals surface area contributed by atoms with Gasteiger partial charge in [0.1, 0.15) is 0 Å². The van der Waals surface area contributed by atoms with Crippen LogP contribution in [0.1, 0.15) is 32.6 Å². The molecule has 0 spiro atoms. The lowest BCUT2D eigenvalue weighted by Gasteiger charge is -2.20. The van der Waals surface area contributed by atoms with Crippen LogP contribution in [0.2, 0.25) is 0 Å². The second kappa shape index (κ2) is 2.69. The van der Waals surface area contributed by atoms with E-state index in [0.29, 0.717) is 6.42 Å². The van der Waals surface area contributed by atoms with Crippen LogP contribution in [0.4, 0.5) is 8.78 Å². The Morgan fingerprint density at radius 1 is 1.60 bits per heavy atom. The van der Waals surface area contributed by atoms with E-state index in [1.165, 1.54) is 5.57 Å². The van der Waals surface area contributed by atoms with Crippen LogP contribution in [0, 0.1) is 0 Å². The lowest BCUT2D eigenvalue weighted by molar-refractivity contribution is -0.00888. The molecule has 0 radical (unpaired) electrons. The first-order valence-corrected chi connectivity index (χ1v) is 3.70. The molecular formula is C8H12F2. The van der Waals surface area contributed by atoms with Crippen molar-refractivity contribution < 1.29 is 8.78 Å². The van der Waals surface area contributed by atoms with Crippen molar-refractivity contribution in [2.75, 3.05) is 0 Å². The van der Waals surface area contributed by atoms with E-state index >= 15 is 0 Å². The summed E-state index contributed by atoms with van der Waals surface area (Å²) < 4.78 is 24.9. The zero-order valence-corrected chi connectivity index (χ0v) is 6.16. The van der Waals surface area contributed by atoms with E-state index in [4.69, 9.17) is 0 Å². The molecular weight excluding hydrogens is 134 g/mol. The van der Waals surface area contributed by atoms with Crippen molar-refractivity contribution >= 4 is 0 Å². The Balaban J connectivity index is 2.52. The summed E-state index contributed by atoms with van der Waals surface area (Å²) in [5, 5.41) is 0. The Kier molecular flexibility index (Phi) is 2.07. The van der Waals surface area contributed by atoms with Gasteiger partial charge in [-0.15, -0.1) is 0 Å². The maximum atomic E-state index is 12.5. The van der Waals surface area contributed by atoms with E-state index in [2.05, 4.69) is 0 Å². The Hall–Kier alpha value is -0.400. The molecule has 0 heterocycles. The Morgan fingerprint density at radius 3 is 2.70 bits per heavy atom. The highest BCUT2D eigenvalue weighted by Gasteiger charge is 2.29. The third-order valence-electron chi connectivity index (χ3n) is 1.96. The van der Waals surface area contributed by atoms with Crippen molar-refractivity contribution in [3.63, 3.8) is 0 Å². The van der Waals surface area contributed by atoms with E-state index in [0.717, 1.165) is 6.42 Å². The smallest absolute Gasteiger partial charge is 0.207 e. The van der Waals surface area contributed by atoms with Crippen LogP contribution in [-0.4, -0.2) is 5.92 Å². The van der Waals surface area contributed by atoms with Crippen molar-refractivity contribution in [1.82, 2.24) is 0 Å². The van der Waals surface area contributed by atoms with Gasteiger partial charge in [-0.25, -0.2) is 8.78 Å². The van der Waals surface area contributed by atoms with Gasteiger partial charge in [0.2, 0.25) is 0 Å². The third-order valence-corrected chi connectivity index (χ3v) is 1.96. The summed E-state index contributed by atoms with van der Waals surface area (Å²) in [6, 6.07) is 0. The molecule has 58 valence electrons. The van der Waals surface area contributed by atoms with Crippen LogP contribution < -0.4 is 0 Å². The molecule has 0 aromatic carbocycles.